The van der Waals surface area contributed by atoms with Crippen LogP contribution in [0.15, 0.2) is 47.4 Å². The van der Waals surface area contributed by atoms with Crippen molar-refractivity contribution in [2.75, 3.05) is 13.1 Å². The lowest BCUT2D eigenvalue weighted by Crippen LogP contribution is -2.51. The smallest absolute Gasteiger partial charge is 0.263 e. The topological polar surface area (TPSA) is 71.6 Å². The molecule has 2 aromatic carbocycles. The highest BCUT2D eigenvalue weighted by Crippen LogP contribution is 2.33. The lowest BCUT2D eigenvalue weighted by Gasteiger charge is -2.36. The van der Waals surface area contributed by atoms with Gasteiger partial charge in [0.1, 0.15) is 11.6 Å². The van der Waals surface area contributed by atoms with E-state index >= 15 is 0 Å². The summed E-state index contributed by atoms with van der Waals surface area (Å²) in [6.45, 7) is 6.58. The Morgan fingerprint density at radius 2 is 1.88 bits per heavy atom. The number of nitrogens with one attached hydrogen (secondary N) is 1. The summed E-state index contributed by atoms with van der Waals surface area (Å²) in [5.74, 6) is -0.167. The van der Waals surface area contributed by atoms with E-state index in [1.165, 1.54) is 12.1 Å². The average molecular weight is 459 g/mol. The van der Waals surface area contributed by atoms with Crippen molar-refractivity contribution in [3.05, 3.63) is 63.8 Å². The van der Waals surface area contributed by atoms with Gasteiger partial charge in [-0.1, -0.05) is 11.6 Å². The number of carbonyl (C=O) groups excluding carboxylic acids is 1. The first-order valence-corrected chi connectivity index (χ1v) is 10.8. The van der Waals surface area contributed by atoms with Crippen LogP contribution in [-0.2, 0) is 9.53 Å². The Bertz CT molecular complexity index is 1220. The molecule has 1 N–H and O–H groups in total. The van der Waals surface area contributed by atoms with E-state index in [0.29, 0.717) is 40.7 Å². The maximum Gasteiger partial charge on any atom is 0.263 e. The molecule has 1 amide bonds. The van der Waals surface area contributed by atoms with Crippen LogP contribution < -0.4 is 10.3 Å². The SMILES string of the molecule is CC1CN(C(=O)[C@@H](C)Oc2ccc3c(-c4ccc(F)cc4Cl)c[nH]c(=O)c3c2)CC(C)O1. The van der Waals surface area contributed by atoms with E-state index in [1.807, 2.05) is 13.8 Å². The standard InChI is InChI=1S/C24H24ClFN2O4/c1-13-11-28(12-14(2)31-13)24(30)15(3)32-17-5-7-18-20(9-17)23(29)27-10-21(18)19-6-4-16(26)8-22(19)25/h4-10,13-15H,11-12H2,1-3H3,(H,27,29)/t13?,14?,15-/m1/s1. The molecule has 0 radical (unpaired) electrons. The summed E-state index contributed by atoms with van der Waals surface area (Å²) < 4.78 is 25.0. The van der Waals surface area contributed by atoms with Gasteiger partial charge in [-0.05, 0) is 62.6 Å². The van der Waals surface area contributed by atoms with Crippen molar-refractivity contribution in [1.82, 2.24) is 9.88 Å². The number of halogens is 2. The van der Waals surface area contributed by atoms with E-state index < -0.39 is 11.9 Å². The minimum Gasteiger partial charge on any atom is -0.481 e. The van der Waals surface area contributed by atoms with Crippen LogP contribution in [0.4, 0.5) is 4.39 Å². The molecule has 0 saturated carbocycles. The molecule has 3 atom stereocenters. The minimum atomic E-state index is -0.723. The Kier molecular flexibility index (Phi) is 6.22. The summed E-state index contributed by atoms with van der Waals surface area (Å²) in [6.07, 6.45) is 0.757. The summed E-state index contributed by atoms with van der Waals surface area (Å²) in [7, 11) is 0. The molecule has 8 heteroatoms. The molecule has 0 spiro atoms. The summed E-state index contributed by atoms with van der Waals surface area (Å²) in [5.41, 5.74) is 0.959. The van der Waals surface area contributed by atoms with Crippen LogP contribution in [0, 0.1) is 5.82 Å². The van der Waals surface area contributed by atoms with Gasteiger partial charge >= 0.3 is 0 Å². The van der Waals surface area contributed by atoms with Gasteiger partial charge in [0.25, 0.3) is 11.5 Å². The number of nitrogens with zero attached hydrogens (tertiary/aromatic N) is 1. The Morgan fingerprint density at radius 1 is 1.16 bits per heavy atom. The second-order valence-electron chi connectivity index (χ2n) is 8.12. The highest BCUT2D eigenvalue weighted by Gasteiger charge is 2.29. The van der Waals surface area contributed by atoms with E-state index in [4.69, 9.17) is 21.1 Å². The molecule has 168 valence electrons. The molecule has 0 aliphatic carbocycles. The lowest BCUT2D eigenvalue weighted by molar-refractivity contribution is -0.149. The van der Waals surface area contributed by atoms with Gasteiger partial charge in [0.15, 0.2) is 6.10 Å². The molecule has 1 aliphatic rings. The Hall–Kier alpha value is -2.90. The zero-order chi connectivity index (χ0) is 23.0. The number of rotatable bonds is 4. The third-order valence-corrected chi connectivity index (χ3v) is 5.80. The minimum absolute atomic E-state index is 0.0363. The molecule has 6 nitrogen and oxygen atoms in total. The number of benzene rings is 2. The van der Waals surface area contributed by atoms with Crippen LogP contribution in [0.25, 0.3) is 21.9 Å². The predicted octanol–water partition coefficient (Wildman–Crippen LogP) is 4.39. The maximum atomic E-state index is 13.5. The number of ether oxygens (including phenoxy) is 2. The molecule has 2 unspecified atom stereocenters. The lowest BCUT2D eigenvalue weighted by atomic mass is 10.0. The Balaban J connectivity index is 1.62. The number of aromatic amines is 1. The van der Waals surface area contributed by atoms with Gasteiger partial charge in [-0.2, -0.15) is 0 Å². The number of hydrogen-bond donors (Lipinski definition) is 1. The first-order chi connectivity index (χ1) is 15.2. The van der Waals surface area contributed by atoms with Gasteiger partial charge in [-0.25, -0.2) is 4.39 Å². The second kappa shape index (κ2) is 8.92. The Labute approximate surface area is 189 Å². The average Bonchev–Trinajstić information content (AvgIpc) is 2.73. The quantitative estimate of drug-likeness (QED) is 0.629. The third-order valence-electron chi connectivity index (χ3n) is 5.49. The van der Waals surface area contributed by atoms with Gasteiger partial charge in [0.2, 0.25) is 0 Å². The number of hydrogen-bond acceptors (Lipinski definition) is 4. The van der Waals surface area contributed by atoms with E-state index in [1.54, 1.807) is 42.3 Å². The second-order valence-corrected chi connectivity index (χ2v) is 8.53. The summed E-state index contributed by atoms with van der Waals surface area (Å²) in [5, 5.41) is 1.27. The van der Waals surface area contributed by atoms with E-state index in [0.717, 1.165) is 0 Å². The Morgan fingerprint density at radius 3 is 2.56 bits per heavy atom. The summed E-state index contributed by atoms with van der Waals surface area (Å²) in [6, 6.07) is 9.16. The zero-order valence-corrected chi connectivity index (χ0v) is 18.8. The van der Waals surface area contributed by atoms with Gasteiger partial charge in [-0.15, -0.1) is 0 Å². The first kappa shape index (κ1) is 22.3. The van der Waals surface area contributed by atoms with E-state index in [2.05, 4.69) is 4.98 Å². The van der Waals surface area contributed by atoms with E-state index in [9.17, 15) is 14.0 Å². The van der Waals surface area contributed by atoms with Crippen LogP contribution in [-0.4, -0.2) is 47.2 Å². The van der Waals surface area contributed by atoms with Crippen molar-refractivity contribution >= 4 is 28.3 Å². The van der Waals surface area contributed by atoms with Gasteiger partial charge in [0.05, 0.1) is 22.6 Å². The number of carbonyl (C=O) groups is 1. The zero-order valence-electron chi connectivity index (χ0n) is 18.0. The van der Waals surface area contributed by atoms with Gasteiger partial charge in [-0.3, -0.25) is 9.59 Å². The number of amides is 1. The fraction of sp³-hybridized carbons (Fsp3) is 0.333. The van der Waals surface area contributed by atoms with Crippen LogP contribution in [0.2, 0.25) is 5.02 Å². The van der Waals surface area contributed by atoms with Crippen molar-refractivity contribution in [1.29, 1.82) is 0 Å². The number of pyridine rings is 1. The van der Waals surface area contributed by atoms with Crippen LogP contribution in [0.3, 0.4) is 0 Å². The monoisotopic (exact) mass is 458 g/mol. The largest absolute Gasteiger partial charge is 0.481 e. The third kappa shape index (κ3) is 4.49. The molecule has 2 heterocycles. The fourth-order valence-corrected chi connectivity index (χ4v) is 4.38. The molecule has 1 aliphatic heterocycles. The number of fused-ring (bicyclic) bond motifs is 1. The van der Waals surface area contributed by atoms with Crippen molar-refractivity contribution < 1.29 is 18.7 Å². The molecular weight excluding hydrogens is 435 g/mol. The van der Waals surface area contributed by atoms with E-state index in [-0.39, 0.29) is 28.7 Å². The van der Waals surface area contributed by atoms with Gasteiger partial charge in [0, 0.05) is 30.4 Å². The van der Waals surface area contributed by atoms with Crippen molar-refractivity contribution in [3.8, 4) is 16.9 Å². The van der Waals surface area contributed by atoms with Crippen LogP contribution in [0.1, 0.15) is 20.8 Å². The molecule has 1 fully saturated rings. The van der Waals surface area contributed by atoms with Crippen molar-refractivity contribution in [3.63, 3.8) is 0 Å². The number of aromatic nitrogens is 1. The molecular formula is C24H24ClFN2O4. The predicted molar refractivity (Wildman–Crippen MR) is 122 cm³/mol. The molecule has 1 aromatic heterocycles. The highest BCUT2D eigenvalue weighted by molar-refractivity contribution is 6.33. The van der Waals surface area contributed by atoms with Crippen molar-refractivity contribution in [2.24, 2.45) is 0 Å². The molecule has 1 saturated heterocycles. The normalized spacial score (nSPS) is 19.7. The highest BCUT2D eigenvalue weighted by atomic mass is 35.5. The van der Waals surface area contributed by atoms with Crippen LogP contribution >= 0.6 is 11.6 Å². The number of morpholine rings is 1. The fourth-order valence-electron chi connectivity index (χ4n) is 4.11. The number of H-pyrrole nitrogens is 1. The summed E-state index contributed by atoms with van der Waals surface area (Å²) in [4.78, 5) is 29.8. The molecule has 4 rings (SSSR count). The molecule has 0 bridgehead atoms. The van der Waals surface area contributed by atoms with Crippen LogP contribution in [0.5, 0.6) is 5.75 Å². The molecule has 32 heavy (non-hydrogen) atoms. The first-order valence-electron chi connectivity index (χ1n) is 10.4. The van der Waals surface area contributed by atoms with Gasteiger partial charge < -0.3 is 19.4 Å². The van der Waals surface area contributed by atoms with Crippen molar-refractivity contribution in [2.45, 2.75) is 39.1 Å². The summed E-state index contributed by atoms with van der Waals surface area (Å²) >= 11 is 6.23. The molecule has 3 aromatic rings. The maximum absolute atomic E-state index is 13.5.